The molecule has 1 amide bonds. The summed E-state index contributed by atoms with van der Waals surface area (Å²) < 4.78 is 19.2. The summed E-state index contributed by atoms with van der Waals surface area (Å²) in [5, 5.41) is 0. The Labute approximate surface area is 143 Å². The molecule has 3 nitrogen and oxygen atoms in total. The van der Waals surface area contributed by atoms with Crippen LogP contribution >= 0.6 is 24.0 Å². The third-order valence-electron chi connectivity index (χ3n) is 3.37. The van der Waals surface area contributed by atoms with Crippen molar-refractivity contribution in [3.8, 4) is 11.3 Å². The number of halogens is 1. The van der Waals surface area contributed by atoms with E-state index in [-0.39, 0.29) is 17.8 Å². The van der Waals surface area contributed by atoms with Gasteiger partial charge in [0.1, 0.15) is 21.7 Å². The summed E-state index contributed by atoms with van der Waals surface area (Å²) in [4.78, 5) is 14.5. The zero-order chi connectivity index (χ0) is 16.6. The van der Waals surface area contributed by atoms with Crippen LogP contribution in [0.3, 0.4) is 0 Å². The van der Waals surface area contributed by atoms with Crippen molar-refractivity contribution >= 4 is 40.3 Å². The van der Waals surface area contributed by atoms with Gasteiger partial charge < -0.3 is 4.42 Å². The van der Waals surface area contributed by atoms with Gasteiger partial charge in [-0.1, -0.05) is 24.0 Å². The Hall–Kier alpha value is -1.92. The van der Waals surface area contributed by atoms with Gasteiger partial charge in [-0.3, -0.25) is 9.69 Å². The molecule has 118 valence electrons. The van der Waals surface area contributed by atoms with E-state index in [0.717, 1.165) is 5.56 Å². The number of hydrogen-bond donors (Lipinski definition) is 0. The summed E-state index contributed by atoms with van der Waals surface area (Å²) in [5.74, 6) is 0.789. The lowest BCUT2D eigenvalue weighted by Gasteiger charge is -2.18. The van der Waals surface area contributed by atoms with Crippen LogP contribution in [0, 0.1) is 5.82 Å². The van der Waals surface area contributed by atoms with Crippen LogP contribution in [0.2, 0.25) is 0 Å². The van der Waals surface area contributed by atoms with E-state index in [1.807, 2.05) is 13.8 Å². The van der Waals surface area contributed by atoms with Crippen molar-refractivity contribution < 1.29 is 13.6 Å². The molecule has 1 aliphatic rings. The molecule has 6 heteroatoms. The molecule has 1 aliphatic heterocycles. The van der Waals surface area contributed by atoms with Gasteiger partial charge in [-0.2, -0.15) is 0 Å². The molecule has 23 heavy (non-hydrogen) atoms. The monoisotopic (exact) mass is 347 g/mol. The second kappa shape index (κ2) is 6.29. The number of thiocarbonyl (C=S) groups is 1. The van der Waals surface area contributed by atoms with Gasteiger partial charge in [-0.25, -0.2) is 4.39 Å². The molecular weight excluding hydrogens is 333 g/mol. The number of nitrogens with zero attached hydrogens (tertiary/aromatic N) is 1. The first-order valence-corrected chi connectivity index (χ1v) is 8.31. The van der Waals surface area contributed by atoms with E-state index in [1.165, 1.54) is 23.9 Å². The predicted molar refractivity (Wildman–Crippen MR) is 94.3 cm³/mol. The first kappa shape index (κ1) is 16.0. The third kappa shape index (κ3) is 3.23. The molecule has 3 rings (SSSR count). The Bertz CT molecular complexity index is 793. The zero-order valence-electron chi connectivity index (χ0n) is 12.6. The maximum Gasteiger partial charge on any atom is 0.266 e. The van der Waals surface area contributed by atoms with E-state index in [4.69, 9.17) is 16.6 Å². The quantitative estimate of drug-likeness (QED) is 0.595. The molecule has 2 aromatic rings. The van der Waals surface area contributed by atoms with Gasteiger partial charge in [0.15, 0.2) is 0 Å². The van der Waals surface area contributed by atoms with Crippen molar-refractivity contribution in [3.63, 3.8) is 0 Å². The maximum absolute atomic E-state index is 13.0. The summed E-state index contributed by atoms with van der Waals surface area (Å²) in [5.41, 5.74) is 0.778. The van der Waals surface area contributed by atoms with E-state index in [2.05, 4.69) is 0 Å². The highest BCUT2D eigenvalue weighted by Crippen LogP contribution is 2.34. The summed E-state index contributed by atoms with van der Waals surface area (Å²) in [6, 6.07) is 9.66. The highest BCUT2D eigenvalue weighted by Gasteiger charge is 2.33. The average molecular weight is 347 g/mol. The second-order valence-electron chi connectivity index (χ2n) is 5.35. The fourth-order valence-electron chi connectivity index (χ4n) is 2.25. The summed E-state index contributed by atoms with van der Waals surface area (Å²) in [6.07, 6.45) is 1.69. The van der Waals surface area contributed by atoms with Crippen LogP contribution in [0.25, 0.3) is 17.4 Å². The van der Waals surface area contributed by atoms with Gasteiger partial charge in [-0.15, -0.1) is 0 Å². The van der Waals surface area contributed by atoms with Crippen molar-refractivity contribution in [2.45, 2.75) is 19.9 Å². The lowest BCUT2D eigenvalue weighted by molar-refractivity contribution is -0.123. The SMILES string of the molecule is CC(C)N1C(=O)/C(=C\c2ccc(-c3ccc(F)cc3)o2)SC1=S. The van der Waals surface area contributed by atoms with Crippen LogP contribution in [0.15, 0.2) is 45.7 Å². The third-order valence-corrected chi connectivity index (χ3v) is 4.70. The van der Waals surface area contributed by atoms with Crippen molar-refractivity contribution in [2.75, 3.05) is 0 Å². The summed E-state index contributed by atoms with van der Waals surface area (Å²) in [6.45, 7) is 3.85. The Morgan fingerprint density at radius 2 is 1.91 bits per heavy atom. The van der Waals surface area contributed by atoms with E-state index in [0.29, 0.717) is 20.7 Å². The number of benzene rings is 1. The van der Waals surface area contributed by atoms with Crippen molar-refractivity contribution in [2.24, 2.45) is 0 Å². The van der Waals surface area contributed by atoms with Crippen molar-refractivity contribution in [3.05, 3.63) is 52.9 Å². The van der Waals surface area contributed by atoms with E-state index >= 15 is 0 Å². The number of furan rings is 1. The Kier molecular flexibility index (Phi) is 4.37. The Balaban J connectivity index is 1.85. The zero-order valence-corrected chi connectivity index (χ0v) is 14.2. The van der Waals surface area contributed by atoms with Gasteiger partial charge in [0.2, 0.25) is 0 Å². The molecular formula is C17H14FNO2S2. The summed E-state index contributed by atoms with van der Waals surface area (Å²) in [7, 11) is 0. The molecule has 0 bridgehead atoms. The average Bonchev–Trinajstić information content (AvgIpc) is 3.05. The largest absolute Gasteiger partial charge is 0.457 e. The van der Waals surface area contributed by atoms with E-state index in [1.54, 1.807) is 35.2 Å². The normalized spacial score (nSPS) is 16.9. The lowest BCUT2D eigenvalue weighted by atomic mass is 10.2. The molecule has 0 atom stereocenters. The van der Waals surface area contributed by atoms with E-state index in [9.17, 15) is 9.18 Å². The lowest BCUT2D eigenvalue weighted by Crippen LogP contribution is -2.34. The highest BCUT2D eigenvalue weighted by atomic mass is 32.2. The number of thioether (sulfide) groups is 1. The minimum Gasteiger partial charge on any atom is -0.457 e. The molecule has 1 fully saturated rings. The number of carbonyl (C=O) groups excluding carboxylic acids is 1. The van der Waals surface area contributed by atoms with Crippen LogP contribution in [-0.2, 0) is 4.79 Å². The van der Waals surface area contributed by atoms with Gasteiger partial charge in [-0.05, 0) is 50.2 Å². The molecule has 1 aromatic heterocycles. The Morgan fingerprint density at radius 3 is 2.52 bits per heavy atom. The van der Waals surface area contributed by atoms with Crippen LogP contribution in [0.5, 0.6) is 0 Å². The van der Waals surface area contributed by atoms with Crippen LogP contribution < -0.4 is 0 Å². The molecule has 0 spiro atoms. The van der Waals surface area contributed by atoms with Gasteiger partial charge in [0.25, 0.3) is 5.91 Å². The van der Waals surface area contributed by atoms with Crippen molar-refractivity contribution in [1.29, 1.82) is 0 Å². The van der Waals surface area contributed by atoms with Crippen LogP contribution in [0.4, 0.5) is 4.39 Å². The van der Waals surface area contributed by atoms with Crippen LogP contribution in [-0.4, -0.2) is 21.2 Å². The predicted octanol–water partition coefficient (Wildman–Crippen LogP) is 4.70. The molecule has 0 N–H and O–H groups in total. The molecule has 0 aliphatic carbocycles. The van der Waals surface area contributed by atoms with Crippen molar-refractivity contribution in [1.82, 2.24) is 4.90 Å². The molecule has 0 saturated carbocycles. The first-order valence-electron chi connectivity index (χ1n) is 7.08. The highest BCUT2D eigenvalue weighted by molar-refractivity contribution is 8.26. The number of carbonyl (C=O) groups is 1. The second-order valence-corrected chi connectivity index (χ2v) is 7.03. The molecule has 0 radical (unpaired) electrons. The standard InChI is InChI=1S/C17H14FNO2S2/c1-10(2)19-16(20)15(23-17(19)22)9-13-7-8-14(21-13)11-3-5-12(18)6-4-11/h3-10H,1-2H3/b15-9+. The van der Waals surface area contributed by atoms with Gasteiger partial charge in [0.05, 0.1) is 4.91 Å². The molecule has 1 saturated heterocycles. The number of rotatable bonds is 3. The minimum absolute atomic E-state index is 0.0276. The number of amides is 1. The fraction of sp³-hybridized carbons (Fsp3) is 0.176. The van der Waals surface area contributed by atoms with Gasteiger partial charge >= 0.3 is 0 Å². The summed E-state index contributed by atoms with van der Waals surface area (Å²) >= 11 is 6.51. The number of hydrogen-bond acceptors (Lipinski definition) is 4. The fourth-order valence-corrected chi connectivity index (χ4v) is 3.76. The topological polar surface area (TPSA) is 33.5 Å². The van der Waals surface area contributed by atoms with Gasteiger partial charge in [0, 0.05) is 17.7 Å². The van der Waals surface area contributed by atoms with Crippen LogP contribution in [0.1, 0.15) is 19.6 Å². The van der Waals surface area contributed by atoms with E-state index < -0.39 is 0 Å². The maximum atomic E-state index is 13.0. The molecule has 0 unspecified atom stereocenters. The Morgan fingerprint density at radius 1 is 1.22 bits per heavy atom. The smallest absolute Gasteiger partial charge is 0.266 e. The first-order chi connectivity index (χ1) is 11.0. The molecule has 2 heterocycles. The molecule has 1 aromatic carbocycles. The minimum atomic E-state index is -0.294.